The van der Waals surface area contributed by atoms with E-state index in [0.717, 1.165) is 34.7 Å². The van der Waals surface area contributed by atoms with Crippen molar-refractivity contribution in [2.45, 2.75) is 19.3 Å². The van der Waals surface area contributed by atoms with Crippen LogP contribution in [0.15, 0.2) is 42.0 Å². The van der Waals surface area contributed by atoms with Crippen LogP contribution in [0.4, 0.5) is 5.69 Å². The highest BCUT2D eigenvalue weighted by Crippen LogP contribution is 2.29. The normalized spacial score (nSPS) is 15.0. The van der Waals surface area contributed by atoms with Crippen LogP contribution in [0.1, 0.15) is 19.3 Å². The Morgan fingerprint density at radius 2 is 2.29 bits per heavy atom. The highest BCUT2D eigenvalue weighted by molar-refractivity contribution is 7.15. The topological polar surface area (TPSA) is 46.4 Å². The number of fused-ring (bicyclic) bond motifs is 1. The molecule has 4 nitrogen and oxygen atoms in total. The second kappa shape index (κ2) is 5.00. The number of hydrogen-bond acceptors (Lipinski definition) is 3. The molecule has 1 aliphatic rings. The summed E-state index contributed by atoms with van der Waals surface area (Å²) in [6.45, 7) is 0. The van der Waals surface area contributed by atoms with Gasteiger partial charge in [-0.05, 0) is 25.0 Å². The summed E-state index contributed by atoms with van der Waals surface area (Å²) in [5.74, 6) is 0.343. The number of amides is 1. The summed E-state index contributed by atoms with van der Waals surface area (Å²) in [4.78, 5) is 17.6. The molecule has 5 heteroatoms. The fourth-order valence-electron chi connectivity index (χ4n) is 2.54. The first-order valence-corrected chi connectivity index (χ1v) is 8.01. The third-order valence-corrected chi connectivity index (χ3v) is 4.77. The third kappa shape index (κ3) is 2.34. The van der Waals surface area contributed by atoms with E-state index in [9.17, 15) is 4.79 Å². The van der Waals surface area contributed by atoms with Crippen molar-refractivity contribution in [2.75, 3.05) is 5.32 Å². The van der Waals surface area contributed by atoms with Crippen LogP contribution >= 0.6 is 11.3 Å². The Hall–Kier alpha value is -2.14. The van der Waals surface area contributed by atoms with Crippen molar-refractivity contribution in [1.29, 1.82) is 0 Å². The zero-order valence-electron chi connectivity index (χ0n) is 11.5. The van der Waals surface area contributed by atoms with E-state index in [0.29, 0.717) is 0 Å². The highest BCUT2D eigenvalue weighted by atomic mass is 32.1. The Morgan fingerprint density at radius 3 is 3.05 bits per heavy atom. The van der Waals surface area contributed by atoms with Crippen LogP contribution in [0.3, 0.4) is 0 Å². The van der Waals surface area contributed by atoms with Gasteiger partial charge in [0.2, 0.25) is 5.91 Å². The SMILES string of the molecule is O=C(Nc1cccc(-c2cn3ccsc3n2)c1)C1CCC1. The Labute approximate surface area is 126 Å². The third-order valence-electron chi connectivity index (χ3n) is 4.00. The summed E-state index contributed by atoms with van der Waals surface area (Å²) in [7, 11) is 0. The van der Waals surface area contributed by atoms with Gasteiger partial charge in [-0.1, -0.05) is 18.6 Å². The molecule has 0 unspecified atom stereocenters. The van der Waals surface area contributed by atoms with E-state index in [-0.39, 0.29) is 11.8 Å². The molecule has 0 saturated heterocycles. The Kier molecular flexibility index (Phi) is 3.00. The maximum Gasteiger partial charge on any atom is 0.227 e. The fourth-order valence-corrected chi connectivity index (χ4v) is 3.24. The monoisotopic (exact) mass is 297 g/mol. The van der Waals surface area contributed by atoms with Gasteiger partial charge < -0.3 is 5.32 Å². The molecule has 1 N–H and O–H groups in total. The van der Waals surface area contributed by atoms with Gasteiger partial charge in [-0.15, -0.1) is 11.3 Å². The van der Waals surface area contributed by atoms with Gasteiger partial charge in [0.15, 0.2) is 4.96 Å². The van der Waals surface area contributed by atoms with Gasteiger partial charge in [-0.3, -0.25) is 9.20 Å². The number of carbonyl (C=O) groups is 1. The number of thiazole rings is 1. The van der Waals surface area contributed by atoms with Crippen molar-refractivity contribution in [3.63, 3.8) is 0 Å². The molecule has 1 aromatic carbocycles. The molecule has 0 atom stereocenters. The first-order valence-electron chi connectivity index (χ1n) is 7.13. The zero-order valence-corrected chi connectivity index (χ0v) is 12.3. The molecule has 4 rings (SSSR count). The number of hydrogen-bond donors (Lipinski definition) is 1. The summed E-state index contributed by atoms with van der Waals surface area (Å²) in [6.07, 6.45) is 7.21. The summed E-state index contributed by atoms with van der Waals surface area (Å²) in [5, 5.41) is 5.03. The summed E-state index contributed by atoms with van der Waals surface area (Å²) in [5.41, 5.74) is 2.81. The molecule has 0 aliphatic heterocycles. The first kappa shape index (κ1) is 12.6. The van der Waals surface area contributed by atoms with Crippen LogP contribution in [-0.4, -0.2) is 15.3 Å². The molecule has 1 fully saturated rings. The maximum atomic E-state index is 12.0. The minimum Gasteiger partial charge on any atom is -0.326 e. The highest BCUT2D eigenvalue weighted by Gasteiger charge is 2.25. The zero-order chi connectivity index (χ0) is 14.2. The molecule has 0 spiro atoms. The molecule has 2 aromatic heterocycles. The van der Waals surface area contributed by atoms with Crippen molar-refractivity contribution in [2.24, 2.45) is 5.92 Å². The van der Waals surface area contributed by atoms with Crippen LogP contribution in [0.2, 0.25) is 0 Å². The van der Waals surface area contributed by atoms with Gasteiger partial charge >= 0.3 is 0 Å². The van der Waals surface area contributed by atoms with Gasteiger partial charge in [0, 0.05) is 34.9 Å². The van der Waals surface area contributed by atoms with Crippen LogP contribution in [-0.2, 0) is 4.79 Å². The van der Waals surface area contributed by atoms with Gasteiger partial charge in [-0.25, -0.2) is 4.98 Å². The quantitative estimate of drug-likeness (QED) is 0.799. The second-order valence-corrected chi connectivity index (χ2v) is 6.29. The number of nitrogens with one attached hydrogen (secondary N) is 1. The standard InChI is InChI=1S/C16H15N3OS/c20-15(11-3-1-4-11)17-13-6-2-5-12(9-13)14-10-19-7-8-21-16(19)18-14/h2,5-11H,1,3-4H2,(H,17,20). The van der Waals surface area contributed by atoms with Gasteiger partial charge in [0.25, 0.3) is 0 Å². The van der Waals surface area contributed by atoms with E-state index in [4.69, 9.17) is 0 Å². The van der Waals surface area contributed by atoms with Gasteiger partial charge in [-0.2, -0.15) is 0 Å². The van der Waals surface area contributed by atoms with E-state index < -0.39 is 0 Å². The van der Waals surface area contributed by atoms with Crippen LogP contribution in [0, 0.1) is 5.92 Å². The second-order valence-electron chi connectivity index (χ2n) is 5.42. The number of carbonyl (C=O) groups excluding carboxylic acids is 1. The van der Waals surface area contributed by atoms with Crippen molar-refractivity contribution in [3.05, 3.63) is 42.0 Å². The molecule has 1 aliphatic carbocycles. The average Bonchev–Trinajstić information content (AvgIpc) is 2.97. The van der Waals surface area contributed by atoms with Crippen LogP contribution in [0.25, 0.3) is 16.2 Å². The maximum absolute atomic E-state index is 12.0. The van der Waals surface area contributed by atoms with Crippen LogP contribution in [0.5, 0.6) is 0 Å². The molecule has 0 bridgehead atoms. The molecule has 1 saturated carbocycles. The number of benzene rings is 1. The number of nitrogens with zero attached hydrogens (tertiary/aromatic N) is 2. The van der Waals surface area contributed by atoms with E-state index in [1.807, 2.05) is 46.4 Å². The number of aromatic nitrogens is 2. The molecule has 3 aromatic rings. The predicted molar refractivity (Wildman–Crippen MR) is 84.5 cm³/mol. The molecular formula is C16H15N3OS. The lowest BCUT2D eigenvalue weighted by Crippen LogP contribution is -2.27. The van der Waals surface area contributed by atoms with Crippen molar-refractivity contribution >= 4 is 27.9 Å². The van der Waals surface area contributed by atoms with Crippen LogP contribution < -0.4 is 5.32 Å². The van der Waals surface area contributed by atoms with E-state index in [1.165, 1.54) is 6.42 Å². The lowest BCUT2D eigenvalue weighted by molar-refractivity contribution is -0.122. The molecule has 106 valence electrons. The minimum absolute atomic E-state index is 0.143. The Morgan fingerprint density at radius 1 is 1.38 bits per heavy atom. The number of anilines is 1. The summed E-state index contributed by atoms with van der Waals surface area (Å²) < 4.78 is 2.01. The molecule has 0 radical (unpaired) electrons. The van der Waals surface area contributed by atoms with Crippen molar-refractivity contribution < 1.29 is 4.79 Å². The Balaban J connectivity index is 1.59. The Bertz CT molecular complexity index is 772. The number of rotatable bonds is 3. The lowest BCUT2D eigenvalue weighted by atomic mass is 9.85. The van der Waals surface area contributed by atoms with E-state index >= 15 is 0 Å². The minimum atomic E-state index is 0.143. The lowest BCUT2D eigenvalue weighted by Gasteiger charge is -2.24. The first-order chi connectivity index (χ1) is 10.3. The largest absolute Gasteiger partial charge is 0.326 e. The molecule has 21 heavy (non-hydrogen) atoms. The van der Waals surface area contributed by atoms with Gasteiger partial charge in [0.05, 0.1) is 5.69 Å². The molecule has 2 heterocycles. The van der Waals surface area contributed by atoms with E-state index in [1.54, 1.807) is 11.3 Å². The van der Waals surface area contributed by atoms with E-state index in [2.05, 4.69) is 10.3 Å². The summed E-state index contributed by atoms with van der Waals surface area (Å²) >= 11 is 1.61. The average molecular weight is 297 g/mol. The van der Waals surface area contributed by atoms with Gasteiger partial charge in [0.1, 0.15) is 0 Å². The molecule has 1 amide bonds. The molecular weight excluding hydrogens is 282 g/mol. The summed E-state index contributed by atoms with van der Waals surface area (Å²) in [6, 6.07) is 7.89. The predicted octanol–water partition coefficient (Wildman–Crippen LogP) is 3.80. The number of imidazole rings is 1. The fraction of sp³-hybridized carbons (Fsp3) is 0.250. The van der Waals surface area contributed by atoms with Crippen molar-refractivity contribution in [1.82, 2.24) is 9.38 Å². The smallest absolute Gasteiger partial charge is 0.227 e. The van der Waals surface area contributed by atoms with Crippen molar-refractivity contribution in [3.8, 4) is 11.3 Å².